The number of methoxy groups -OCH3 is 2. The van der Waals surface area contributed by atoms with Crippen LogP contribution in [0.5, 0.6) is 11.5 Å². The summed E-state index contributed by atoms with van der Waals surface area (Å²) in [6.45, 7) is 2.01. The maximum absolute atomic E-state index is 6.15. The monoisotopic (exact) mass is 356 g/mol. The summed E-state index contributed by atoms with van der Waals surface area (Å²) >= 11 is 9.54. The van der Waals surface area contributed by atoms with Crippen LogP contribution in [-0.2, 0) is 6.42 Å². The molecule has 1 heterocycles. The number of aromatic nitrogens is 2. The standard InChI is InChI=1S/C14H14BrClN2O2/c1-4-9-11(15)13(16)18-14(17-9)8-6-5-7-10(19-2)12(8)20-3/h5-7H,4H2,1-3H3. The number of aryl methyl sites for hydroxylation is 1. The van der Waals surface area contributed by atoms with Gasteiger partial charge < -0.3 is 9.47 Å². The van der Waals surface area contributed by atoms with Gasteiger partial charge in [0.2, 0.25) is 0 Å². The van der Waals surface area contributed by atoms with E-state index in [-0.39, 0.29) is 0 Å². The summed E-state index contributed by atoms with van der Waals surface area (Å²) in [4.78, 5) is 8.84. The molecule has 2 rings (SSSR count). The molecule has 0 saturated carbocycles. The molecule has 0 aliphatic rings. The first-order chi connectivity index (χ1) is 9.62. The zero-order valence-corrected chi connectivity index (χ0v) is 13.7. The van der Waals surface area contributed by atoms with Gasteiger partial charge in [0.05, 0.1) is 29.9 Å². The fourth-order valence-electron chi connectivity index (χ4n) is 1.88. The zero-order chi connectivity index (χ0) is 14.7. The largest absolute Gasteiger partial charge is 0.493 e. The van der Waals surface area contributed by atoms with E-state index in [0.717, 1.165) is 22.2 Å². The Hall–Kier alpha value is -1.33. The summed E-state index contributed by atoms with van der Waals surface area (Å²) in [7, 11) is 3.18. The summed E-state index contributed by atoms with van der Waals surface area (Å²) in [5.74, 6) is 1.74. The molecular formula is C14H14BrClN2O2. The van der Waals surface area contributed by atoms with Crippen LogP contribution >= 0.6 is 27.5 Å². The van der Waals surface area contributed by atoms with Gasteiger partial charge in [-0.2, -0.15) is 0 Å². The molecule has 0 spiro atoms. The minimum Gasteiger partial charge on any atom is -0.493 e. The summed E-state index contributed by atoms with van der Waals surface area (Å²) in [6, 6.07) is 5.56. The summed E-state index contributed by atoms with van der Waals surface area (Å²) < 4.78 is 11.4. The smallest absolute Gasteiger partial charge is 0.171 e. The van der Waals surface area contributed by atoms with E-state index in [1.54, 1.807) is 14.2 Å². The summed E-state index contributed by atoms with van der Waals surface area (Å²) in [6.07, 6.45) is 0.752. The molecule has 1 aromatic heterocycles. The Balaban J connectivity index is 2.65. The van der Waals surface area contributed by atoms with Gasteiger partial charge in [0.15, 0.2) is 17.3 Å². The van der Waals surface area contributed by atoms with E-state index in [2.05, 4.69) is 25.9 Å². The van der Waals surface area contributed by atoms with Crippen molar-refractivity contribution in [1.82, 2.24) is 9.97 Å². The summed E-state index contributed by atoms with van der Waals surface area (Å²) in [5.41, 5.74) is 1.60. The van der Waals surface area contributed by atoms with Crippen molar-refractivity contribution in [1.29, 1.82) is 0 Å². The normalized spacial score (nSPS) is 10.4. The van der Waals surface area contributed by atoms with Crippen molar-refractivity contribution in [3.8, 4) is 22.9 Å². The molecule has 0 unspecified atom stereocenters. The molecule has 106 valence electrons. The van der Waals surface area contributed by atoms with Crippen LogP contribution in [-0.4, -0.2) is 24.2 Å². The van der Waals surface area contributed by atoms with Crippen LogP contribution in [0.4, 0.5) is 0 Å². The van der Waals surface area contributed by atoms with Crippen LogP contribution < -0.4 is 9.47 Å². The Labute approximate surface area is 131 Å². The lowest BCUT2D eigenvalue weighted by atomic mass is 10.1. The molecule has 2 aromatic rings. The number of hydrogen-bond acceptors (Lipinski definition) is 4. The van der Waals surface area contributed by atoms with Gasteiger partial charge in [-0.05, 0) is 34.5 Å². The molecule has 0 aliphatic carbocycles. The minimum atomic E-state index is 0.386. The first-order valence-electron chi connectivity index (χ1n) is 6.05. The van der Waals surface area contributed by atoms with Crippen molar-refractivity contribution < 1.29 is 9.47 Å². The molecule has 6 heteroatoms. The SMILES string of the molecule is CCc1nc(-c2cccc(OC)c2OC)nc(Cl)c1Br. The molecule has 0 bridgehead atoms. The van der Waals surface area contributed by atoms with Gasteiger partial charge >= 0.3 is 0 Å². The van der Waals surface area contributed by atoms with E-state index in [1.807, 2.05) is 25.1 Å². The number of nitrogens with zero attached hydrogens (tertiary/aromatic N) is 2. The highest BCUT2D eigenvalue weighted by atomic mass is 79.9. The number of ether oxygens (including phenoxy) is 2. The molecule has 20 heavy (non-hydrogen) atoms. The van der Waals surface area contributed by atoms with Crippen molar-refractivity contribution in [2.24, 2.45) is 0 Å². The van der Waals surface area contributed by atoms with Gasteiger partial charge in [0.1, 0.15) is 5.15 Å². The van der Waals surface area contributed by atoms with E-state index in [9.17, 15) is 0 Å². The molecule has 4 nitrogen and oxygen atoms in total. The fraction of sp³-hybridized carbons (Fsp3) is 0.286. The van der Waals surface area contributed by atoms with Crippen molar-refractivity contribution in [3.63, 3.8) is 0 Å². The van der Waals surface area contributed by atoms with Crippen LogP contribution in [0.15, 0.2) is 22.7 Å². The summed E-state index contributed by atoms with van der Waals surface area (Å²) in [5, 5.41) is 0.386. The molecule has 0 N–H and O–H groups in total. The number of para-hydroxylation sites is 1. The van der Waals surface area contributed by atoms with E-state index in [1.165, 1.54) is 0 Å². The quantitative estimate of drug-likeness (QED) is 0.771. The zero-order valence-electron chi connectivity index (χ0n) is 11.4. The van der Waals surface area contributed by atoms with Crippen LogP contribution in [0.3, 0.4) is 0 Å². The third-order valence-corrected chi connectivity index (χ3v) is 4.19. The first kappa shape index (κ1) is 15.1. The Morgan fingerprint density at radius 1 is 1.20 bits per heavy atom. The molecule has 0 radical (unpaired) electrons. The van der Waals surface area contributed by atoms with Crippen molar-refractivity contribution in [3.05, 3.63) is 33.5 Å². The van der Waals surface area contributed by atoms with Crippen LogP contribution in [0.1, 0.15) is 12.6 Å². The Bertz CT molecular complexity index is 635. The number of benzene rings is 1. The maximum atomic E-state index is 6.15. The number of hydrogen-bond donors (Lipinski definition) is 0. The average Bonchev–Trinajstić information content (AvgIpc) is 2.48. The van der Waals surface area contributed by atoms with E-state index < -0.39 is 0 Å². The van der Waals surface area contributed by atoms with Crippen molar-refractivity contribution in [2.45, 2.75) is 13.3 Å². The molecular weight excluding hydrogens is 344 g/mol. The lowest BCUT2D eigenvalue weighted by Gasteiger charge is -2.13. The Morgan fingerprint density at radius 3 is 2.55 bits per heavy atom. The van der Waals surface area contributed by atoms with Crippen LogP contribution in [0.25, 0.3) is 11.4 Å². The van der Waals surface area contributed by atoms with E-state index >= 15 is 0 Å². The second-order valence-corrected chi connectivity index (χ2v) is 5.14. The lowest BCUT2D eigenvalue weighted by molar-refractivity contribution is 0.356. The third kappa shape index (κ3) is 2.74. The highest BCUT2D eigenvalue weighted by Gasteiger charge is 2.16. The van der Waals surface area contributed by atoms with Gasteiger partial charge in [0.25, 0.3) is 0 Å². The highest BCUT2D eigenvalue weighted by molar-refractivity contribution is 9.10. The fourth-order valence-corrected chi connectivity index (χ4v) is 2.53. The Morgan fingerprint density at radius 2 is 1.95 bits per heavy atom. The van der Waals surface area contributed by atoms with E-state index in [4.69, 9.17) is 21.1 Å². The molecule has 0 saturated heterocycles. The molecule has 1 aromatic carbocycles. The third-order valence-electron chi connectivity index (χ3n) is 2.86. The van der Waals surface area contributed by atoms with Crippen LogP contribution in [0.2, 0.25) is 5.15 Å². The first-order valence-corrected chi connectivity index (χ1v) is 7.22. The molecule has 0 aliphatic heterocycles. The minimum absolute atomic E-state index is 0.386. The van der Waals surface area contributed by atoms with Gasteiger partial charge in [0, 0.05) is 0 Å². The van der Waals surface area contributed by atoms with E-state index in [0.29, 0.717) is 22.5 Å². The van der Waals surface area contributed by atoms with Gasteiger partial charge in [-0.15, -0.1) is 0 Å². The van der Waals surface area contributed by atoms with Crippen LogP contribution in [0, 0.1) is 0 Å². The Kier molecular flexibility index (Phi) is 4.83. The number of rotatable bonds is 4. The van der Waals surface area contributed by atoms with Crippen molar-refractivity contribution >= 4 is 27.5 Å². The highest BCUT2D eigenvalue weighted by Crippen LogP contribution is 2.37. The number of halogens is 2. The molecule has 0 atom stereocenters. The average molecular weight is 358 g/mol. The van der Waals surface area contributed by atoms with Gasteiger partial charge in [-0.25, -0.2) is 9.97 Å². The lowest BCUT2D eigenvalue weighted by Crippen LogP contribution is -2.00. The topological polar surface area (TPSA) is 44.2 Å². The second-order valence-electron chi connectivity index (χ2n) is 3.99. The predicted molar refractivity (Wildman–Crippen MR) is 82.7 cm³/mol. The van der Waals surface area contributed by atoms with Gasteiger partial charge in [-0.3, -0.25) is 0 Å². The van der Waals surface area contributed by atoms with Gasteiger partial charge in [-0.1, -0.05) is 24.6 Å². The molecule has 0 amide bonds. The second kappa shape index (κ2) is 6.41. The molecule has 0 fully saturated rings. The van der Waals surface area contributed by atoms with Crippen molar-refractivity contribution in [2.75, 3.05) is 14.2 Å². The maximum Gasteiger partial charge on any atom is 0.171 e. The predicted octanol–water partition coefficient (Wildman–Crippen LogP) is 4.14.